The van der Waals surface area contributed by atoms with Gasteiger partial charge in [-0.3, -0.25) is 0 Å². The Hall–Kier alpha value is -1.95. The summed E-state index contributed by atoms with van der Waals surface area (Å²) in [6, 6.07) is 3.68. The van der Waals surface area contributed by atoms with Gasteiger partial charge in [0.2, 0.25) is 5.88 Å². The third-order valence-corrected chi connectivity index (χ3v) is 3.02. The zero-order chi connectivity index (χ0) is 13.1. The van der Waals surface area contributed by atoms with E-state index in [0.29, 0.717) is 30.8 Å². The van der Waals surface area contributed by atoms with Crippen LogP contribution >= 0.6 is 0 Å². The largest absolute Gasteiger partial charge is 0.477 e. The molecule has 19 heavy (non-hydrogen) atoms. The molecule has 1 aliphatic heterocycles. The predicted octanol–water partition coefficient (Wildman–Crippen LogP) is 2.03. The molecule has 0 amide bonds. The van der Waals surface area contributed by atoms with Gasteiger partial charge in [-0.2, -0.15) is 4.98 Å². The first-order valence-electron chi connectivity index (χ1n) is 6.38. The molecule has 3 rings (SSSR count). The maximum Gasteiger partial charge on any atom is 0.263 e. The van der Waals surface area contributed by atoms with E-state index in [1.165, 1.54) is 0 Å². The third-order valence-electron chi connectivity index (χ3n) is 3.02. The maximum atomic E-state index is 5.46. The van der Waals surface area contributed by atoms with Crippen molar-refractivity contribution < 1.29 is 14.0 Å². The molecule has 100 valence electrons. The normalized spacial score (nSPS) is 18.7. The highest BCUT2D eigenvalue weighted by molar-refractivity contribution is 5.59. The minimum absolute atomic E-state index is 0.227. The van der Waals surface area contributed by atoms with Crippen molar-refractivity contribution in [1.82, 2.24) is 15.1 Å². The summed E-state index contributed by atoms with van der Waals surface area (Å²) in [6.45, 7) is 3.87. The van der Waals surface area contributed by atoms with Crippen molar-refractivity contribution >= 4 is 0 Å². The van der Waals surface area contributed by atoms with Crippen molar-refractivity contribution in [2.24, 2.45) is 0 Å². The highest BCUT2D eigenvalue weighted by atomic mass is 16.5. The summed E-state index contributed by atoms with van der Waals surface area (Å²) in [4.78, 5) is 8.60. The van der Waals surface area contributed by atoms with E-state index >= 15 is 0 Å². The Kier molecular flexibility index (Phi) is 3.41. The maximum absolute atomic E-state index is 5.46. The average molecular weight is 261 g/mol. The second-order valence-corrected chi connectivity index (χ2v) is 4.31. The van der Waals surface area contributed by atoms with Crippen molar-refractivity contribution in [1.29, 1.82) is 0 Å². The lowest BCUT2D eigenvalue weighted by atomic mass is 10.1. The quantitative estimate of drug-likeness (QED) is 0.838. The van der Waals surface area contributed by atoms with E-state index < -0.39 is 0 Å². The van der Waals surface area contributed by atoms with Crippen molar-refractivity contribution in [3.8, 4) is 17.3 Å². The fraction of sp³-hybridized carbons (Fsp3) is 0.462. The summed E-state index contributed by atoms with van der Waals surface area (Å²) >= 11 is 0. The van der Waals surface area contributed by atoms with Crippen LogP contribution in [0.4, 0.5) is 0 Å². The molecule has 1 aliphatic rings. The van der Waals surface area contributed by atoms with Gasteiger partial charge in [0.1, 0.15) is 5.56 Å². The first-order chi connectivity index (χ1) is 9.38. The molecule has 2 aromatic heterocycles. The minimum Gasteiger partial charge on any atom is -0.477 e. The number of ether oxygens (including phenoxy) is 2. The van der Waals surface area contributed by atoms with Crippen LogP contribution < -0.4 is 4.74 Å². The van der Waals surface area contributed by atoms with E-state index in [2.05, 4.69) is 15.1 Å². The molecular weight excluding hydrogens is 246 g/mol. The molecule has 0 spiro atoms. The Labute approximate surface area is 110 Å². The summed E-state index contributed by atoms with van der Waals surface area (Å²) in [5.41, 5.74) is 0.724. The molecule has 3 heterocycles. The second-order valence-electron chi connectivity index (χ2n) is 4.31. The fourth-order valence-corrected chi connectivity index (χ4v) is 2.05. The molecule has 0 N–H and O–H groups in total. The van der Waals surface area contributed by atoms with Crippen LogP contribution in [0.5, 0.6) is 5.88 Å². The molecule has 0 saturated carbocycles. The third kappa shape index (κ3) is 2.44. The number of hydrogen-bond donors (Lipinski definition) is 0. The molecule has 0 radical (unpaired) electrons. The molecule has 0 aliphatic carbocycles. The molecule has 0 aromatic carbocycles. The standard InChI is InChI=1S/C13H15N3O3/c1-2-18-12-10(4-3-6-14-12)13-15-11(16-19-13)9-5-7-17-8-9/h3-4,6,9H,2,5,7-8H2,1H3/t9-/m1/s1. The summed E-state index contributed by atoms with van der Waals surface area (Å²) in [5, 5.41) is 4.03. The van der Waals surface area contributed by atoms with Gasteiger partial charge < -0.3 is 14.0 Å². The van der Waals surface area contributed by atoms with E-state index in [-0.39, 0.29) is 5.92 Å². The number of hydrogen-bond acceptors (Lipinski definition) is 6. The molecular formula is C13H15N3O3. The number of rotatable bonds is 4. The van der Waals surface area contributed by atoms with Gasteiger partial charge >= 0.3 is 0 Å². The van der Waals surface area contributed by atoms with Crippen LogP contribution in [0.15, 0.2) is 22.9 Å². The first-order valence-corrected chi connectivity index (χ1v) is 6.38. The highest BCUT2D eigenvalue weighted by Gasteiger charge is 2.24. The Morgan fingerprint density at radius 3 is 3.21 bits per heavy atom. The van der Waals surface area contributed by atoms with Crippen LogP contribution in [0.2, 0.25) is 0 Å². The van der Waals surface area contributed by atoms with Crippen LogP contribution in [0, 0.1) is 0 Å². The van der Waals surface area contributed by atoms with E-state index in [0.717, 1.165) is 18.6 Å². The minimum atomic E-state index is 0.227. The van der Waals surface area contributed by atoms with E-state index in [4.69, 9.17) is 14.0 Å². The molecule has 2 aromatic rings. The van der Waals surface area contributed by atoms with Crippen molar-refractivity contribution in [3.63, 3.8) is 0 Å². The van der Waals surface area contributed by atoms with Crippen molar-refractivity contribution in [3.05, 3.63) is 24.2 Å². The fourth-order valence-electron chi connectivity index (χ4n) is 2.05. The SMILES string of the molecule is CCOc1ncccc1-c1nc([C@@H]2CCOC2)no1. The van der Waals surface area contributed by atoms with Crippen molar-refractivity contribution in [2.45, 2.75) is 19.3 Å². The van der Waals surface area contributed by atoms with E-state index in [1.54, 1.807) is 6.20 Å². The molecule has 1 saturated heterocycles. The first kappa shape index (κ1) is 12.1. The summed E-state index contributed by atoms with van der Waals surface area (Å²) in [5.74, 6) is 1.88. The summed E-state index contributed by atoms with van der Waals surface area (Å²) in [7, 11) is 0. The number of aromatic nitrogens is 3. The van der Waals surface area contributed by atoms with Gasteiger partial charge in [-0.1, -0.05) is 5.16 Å². The molecule has 0 bridgehead atoms. The monoisotopic (exact) mass is 261 g/mol. The van der Waals surface area contributed by atoms with E-state index in [9.17, 15) is 0 Å². The smallest absolute Gasteiger partial charge is 0.263 e. The van der Waals surface area contributed by atoms with Gasteiger partial charge in [0, 0.05) is 18.7 Å². The number of pyridine rings is 1. The van der Waals surface area contributed by atoms with Gasteiger partial charge in [0.15, 0.2) is 5.82 Å². The Bertz CT molecular complexity index is 550. The molecule has 6 heteroatoms. The lowest BCUT2D eigenvalue weighted by Gasteiger charge is -2.04. The van der Waals surface area contributed by atoms with Gasteiger partial charge in [-0.05, 0) is 25.5 Å². The number of nitrogens with zero attached hydrogens (tertiary/aromatic N) is 3. The lowest BCUT2D eigenvalue weighted by molar-refractivity contribution is 0.192. The molecule has 6 nitrogen and oxygen atoms in total. The highest BCUT2D eigenvalue weighted by Crippen LogP contribution is 2.29. The van der Waals surface area contributed by atoms with Gasteiger partial charge in [-0.15, -0.1) is 0 Å². The van der Waals surface area contributed by atoms with Crippen LogP contribution in [-0.4, -0.2) is 34.9 Å². The summed E-state index contributed by atoms with van der Waals surface area (Å²) in [6.07, 6.45) is 2.61. The molecule has 1 fully saturated rings. The topological polar surface area (TPSA) is 70.3 Å². The van der Waals surface area contributed by atoms with Crippen LogP contribution in [0.1, 0.15) is 25.1 Å². The van der Waals surface area contributed by atoms with Crippen molar-refractivity contribution in [2.75, 3.05) is 19.8 Å². The summed E-state index contributed by atoms with van der Waals surface area (Å²) < 4.78 is 16.1. The Balaban J connectivity index is 1.89. The zero-order valence-corrected chi connectivity index (χ0v) is 10.7. The lowest BCUT2D eigenvalue weighted by Crippen LogP contribution is -2.00. The average Bonchev–Trinajstić information content (AvgIpc) is 3.11. The van der Waals surface area contributed by atoms with E-state index in [1.807, 2.05) is 19.1 Å². The Morgan fingerprint density at radius 1 is 1.47 bits per heavy atom. The van der Waals surface area contributed by atoms with Gasteiger partial charge in [-0.25, -0.2) is 4.98 Å². The van der Waals surface area contributed by atoms with Gasteiger partial charge in [0.25, 0.3) is 5.89 Å². The second kappa shape index (κ2) is 5.36. The van der Waals surface area contributed by atoms with Crippen LogP contribution in [-0.2, 0) is 4.74 Å². The predicted molar refractivity (Wildman–Crippen MR) is 66.9 cm³/mol. The Morgan fingerprint density at radius 2 is 2.42 bits per heavy atom. The van der Waals surface area contributed by atoms with Crippen LogP contribution in [0.3, 0.4) is 0 Å². The van der Waals surface area contributed by atoms with Crippen LogP contribution in [0.25, 0.3) is 11.5 Å². The molecule has 0 unspecified atom stereocenters. The zero-order valence-electron chi connectivity index (χ0n) is 10.7. The van der Waals surface area contributed by atoms with Gasteiger partial charge in [0.05, 0.1) is 13.2 Å². The molecule has 1 atom stereocenters.